The number of nitrogens with one attached hydrogen (secondary N) is 1. The van der Waals surface area contributed by atoms with Crippen LogP contribution in [0, 0.1) is 5.92 Å². The molecule has 0 radical (unpaired) electrons. The molecule has 152 valence electrons. The van der Waals surface area contributed by atoms with E-state index in [1.807, 2.05) is 30.3 Å². The standard InChI is InChI=1S/C20H29N5O3/c1-14(27)24-20(2,16-8-4-3-5-9-16)18(28)25-12-10-17(25)15(13-26)7-6-11-23-19(21)22/h3-5,8-9,13,15,17H,6-7,10-12H2,1-2H3,(H,24,27)(H4,21,22,23)/t15-,17+,20-/m1/s1. The van der Waals surface area contributed by atoms with Crippen molar-refractivity contribution in [3.8, 4) is 0 Å². The highest BCUT2D eigenvalue weighted by Gasteiger charge is 2.46. The summed E-state index contributed by atoms with van der Waals surface area (Å²) in [7, 11) is 0. The maximum Gasteiger partial charge on any atom is 0.252 e. The number of hydrogen-bond donors (Lipinski definition) is 3. The number of likely N-dealkylation sites (tertiary alicyclic amines) is 1. The molecule has 28 heavy (non-hydrogen) atoms. The van der Waals surface area contributed by atoms with Crippen LogP contribution in [0.25, 0.3) is 0 Å². The quantitative estimate of drug-likeness (QED) is 0.246. The molecule has 1 aliphatic heterocycles. The predicted octanol–water partition coefficient (Wildman–Crippen LogP) is 0.508. The molecular formula is C20H29N5O3. The van der Waals surface area contributed by atoms with Crippen LogP contribution in [0.1, 0.15) is 38.7 Å². The molecule has 8 heteroatoms. The summed E-state index contributed by atoms with van der Waals surface area (Å²) in [5.74, 6) is -0.761. The molecule has 2 rings (SSSR count). The molecule has 1 saturated heterocycles. The third-order valence-corrected chi connectivity index (χ3v) is 5.19. The van der Waals surface area contributed by atoms with E-state index in [0.29, 0.717) is 31.5 Å². The van der Waals surface area contributed by atoms with E-state index in [2.05, 4.69) is 10.3 Å². The SMILES string of the molecule is CC(=O)N[C@@](C)(C(=O)N1CC[C@H]1[C@@H](C=O)CCCN=C(N)N)c1ccccc1. The van der Waals surface area contributed by atoms with Crippen LogP contribution in [0.3, 0.4) is 0 Å². The highest BCUT2D eigenvalue weighted by atomic mass is 16.2. The fourth-order valence-corrected chi connectivity index (χ4v) is 3.65. The van der Waals surface area contributed by atoms with Gasteiger partial charge in [-0.1, -0.05) is 30.3 Å². The van der Waals surface area contributed by atoms with E-state index in [1.165, 1.54) is 6.92 Å². The lowest BCUT2D eigenvalue weighted by atomic mass is 9.82. The van der Waals surface area contributed by atoms with Gasteiger partial charge in [-0.05, 0) is 31.7 Å². The molecule has 5 N–H and O–H groups in total. The zero-order chi connectivity index (χ0) is 20.7. The van der Waals surface area contributed by atoms with Gasteiger partial charge in [0.15, 0.2) is 5.96 Å². The molecule has 3 atom stereocenters. The topological polar surface area (TPSA) is 131 Å². The Labute approximate surface area is 165 Å². The first kappa shape index (κ1) is 21.4. The fraction of sp³-hybridized carbons (Fsp3) is 0.500. The first-order chi connectivity index (χ1) is 13.3. The van der Waals surface area contributed by atoms with Crippen LogP contribution in [0.5, 0.6) is 0 Å². The third kappa shape index (κ3) is 4.88. The maximum absolute atomic E-state index is 13.4. The Morgan fingerprint density at radius 1 is 1.36 bits per heavy atom. The highest BCUT2D eigenvalue weighted by molar-refractivity contribution is 5.92. The summed E-state index contributed by atoms with van der Waals surface area (Å²) in [5, 5.41) is 2.80. The third-order valence-electron chi connectivity index (χ3n) is 5.19. The van der Waals surface area contributed by atoms with Gasteiger partial charge in [0.05, 0.1) is 0 Å². The Bertz CT molecular complexity index is 733. The number of benzene rings is 1. The van der Waals surface area contributed by atoms with E-state index in [9.17, 15) is 14.4 Å². The van der Waals surface area contributed by atoms with Gasteiger partial charge in [-0.15, -0.1) is 0 Å². The lowest BCUT2D eigenvalue weighted by Crippen LogP contribution is -2.63. The average Bonchev–Trinajstić information content (AvgIpc) is 2.62. The van der Waals surface area contributed by atoms with E-state index in [0.717, 1.165) is 12.7 Å². The first-order valence-corrected chi connectivity index (χ1v) is 9.45. The molecule has 1 heterocycles. The Morgan fingerprint density at radius 2 is 2.04 bits per heavy atom. The van der Waals surface area contributed by atoms with Crippen molar-refractivity contribution in [3.63, 3.8) is 0 Å². The first-order valence-electron chi connectivity index (χ1n) is 9.45. The van der Waals surface area contributed by atoms with Crippen molar-refractivity contribution in [1.29, 1.82) is 0 Å². The molecule has 2 amide bonds. The molecule has 1 aromatic rings. The minimum absolute atomic E-state index is 0.0250. The van der Waals surface area contributed by atoms with Crippen LogP contribution < -0.4 is 16.8 Å². The number of aldehydes is 1. The van der Waals surface area contributed by atoms with E-state index >= 15 is 0 Å². The predicted molar refractivity (Wildman–Crippen MR) is 107 cm³/mol. The summed E-state index contributed by atoms with van der Waals surface area (Å²) >= 11 is 0. The molecule has 0 aliphatic carbocycles. The summed E-state index contributed by atoms with van der Waals surface area (Å²) < 4.78 is 0. The van der Waals surface area contributed by atoms with Gasteiger partial charge < -0.3 is 26.5 Å². The van der Waals surface area contributed by atoms with Crippen molar-refractivity contribution in [2.24, 2.45) is 22.4 Å². The van der Waals surface area contributed by atoms with Gasteiger partial charge in [0.1, 0.15) is 11.8 Å². The van der Waals surface area contributed by atoms with Gasteiger partial charge in [0.25, 0.3) is 5.91 Å². The smallest absolute Gasteiger partial charge is 0.252 e. The minimum Gasteiger partial charge on any atom is -0.370 e. The normalized spacial score (nSPS) is 18.9. The number of carbonyl (C=O) groups excluding carboxylic acids is 3. The van der Waals surface area contributed by atoms with Crippen LogP contribution in [0.15, 0.2) is 35.3 Å². The van der Waals surface area contributed by atoms with Gasteiger partial charge in [0, 0.05) is 32.0 Å². The summed E-state index contributed by atoms with van der Waals surface area (Å²) in [6, 6.07) is 8.96. The van der Waals surface area contributed by atoms with Crippen LogP contribution in [0.4, 0.5) is 0 Å². The molecule has 0 aromatic heterocycles. The molecule has 8 nitrogen and oxygen atoms in total. The second kappa shape index (κ2) is 9.34. The summed E-state index contributed by atoms with van der Waals surface area (Å²) in [6.07, 6.45) is 2.90. The Morgan fingerprint density at radius 3 is 2.54 bits per heavy atom. The summed E-state index contributed by atoms with van der Waals surface area (Å²) in [4.78, 5) is 42.4. The van der Waals surface area contributed by atoms with Gasteiger partial charge in [-0.25, -0.2) is 0 Å². The van der Waals surface area contributed by atoms with Gasteiger partial charge in [0.2, 0.25) is 5.91 Å². The second-order valence-corrected chi connectivity index (χ2v) is 7.28. The average molecular weight is 387 g/mol. The zero-order valence-electron chi connectivity index (χ0n) is 16.4. The summed E-state index contributed by atoms with van der Waals surface area (Å²) in [5.41, 5.74) is 10.2. The minimum atomic E-state index is -1.18. The lowest BCUT2D eigenvalue weighted by Gasteiger charge is -2.48. The molecule has 0 bridgehead atoms. The molecule has 1 aromatic carbocycles. The number of aliphatic imine (C=N–C) groups is 1. The Kier molecular flexibility index (Phi) is 7.14. The van der Waals surface area contributed by atoms with Crippen LogP contribution in [-0.4, -0.2) is 48.1 Å². The van der Waals surface area contributed by atoms with E-state index < -0.39 is 5.54 Å². The van der Waals surface area contributed by atoms with Crippen molar-refractivity contribution >= 4 is 24.1 Å². The molecule has 0 unspecified atom stereocenters. The fourth-order valence-electron chi connectivity index (χ4n) is 3.65. The number of amides is 2. The molecule has 1 aliphatic rings. The number of carbonyl (C=O) groups is 3. The largest absolute Gasteiger partial charge is 0.370 e. The van der Waals surface area contributed by atoms with E-state index in [-0.39, 0.29) is 29.7 Å². The number of nitrogens with two attached hydrogens (primary N) is 2. The lowest BCUT2D eigenvalue weighted by molar-refractivity contribution is -0.151. The van der Waals surface area contributed by atoms with Gasteiger partial charge in [-0.3, -0.25) is 14.6 Å². The van der Waals surface area contributed by atoms with Crippen molar-refractivity contribution in [2.45, 2.75) is 44.7 Å². The van der Waals surface area contributed by atoms with Crippen molar-refractivity contribution in [3.05, 3.63) is 35.9 Å². The molecule has 0 spiro atoms. The number of hydrogen-bond acceptors (Lipinski definition) is 4. The van der Waals surface area contributed by atoms with Crippen molar-refractivity contribution in [2.75, 3.05) is 13.1 Å². The van der Waals surface area contributed by atoms with E-state index in [4.69, 9.17) is 11.5 Å². The maximum atomic E-state index is 13.4. The van der Waals surface area contributed by atoms with Crippen LogP contribution in [0.2, 0.25) is 0 Å². The molecular weight excluding hydrogens is 358 g/mol. The molecule has 0 saturated carbocycles. The van der Waals surface area contributed by atoms with Crippen molar-refractivity contribution < 1.29 is 14.4 Å². The van der Waals surface area contributed by atoms with Crippen molar-refractivity contribution in [1.82, 2.24) is 10.2 Å². The van der Waals surface area contributed by atoms with Gasteiger partial charge in [-0.2, -0.15) is 0 Å². The number of nitrogens with zero attached hydrogens (tertiary/aromatic N) is 2. The summed E-state index contributed by atoms with van der Waals surface area (Å²) in [6.45, 7) is 4.10. The van der Waals surface area contributed by atoms with E-state index in [1.54, 1.807) is 11.8 Å². The van der Waals surface area contributed by atoms with Crippen LogP contribution >= 0.6 is 0 Å². The zero-order valence-corrected chi connectivity index (χ0v) is 16.4. The Hall–Kier alpha value is -2.90. The highest BCUT2D eigenvalue weighted by Crippen LogP contribution is 2.32. The Balaban J connectivity index is 2.15. The molecule has 1 fully saturated rings. The monoisotopic (exact) mass is 387 g/mol. The van der Waals surface area contributed by atoms with Gasteiger partial charge >= 0.3 is 0 Å². The number of guanidine groups is 1. The number of rotatable bonds is 9. The van der Waals surface area contributed by atoms with Crippen LogP contribution in [-0.2, 0) is 19.9 Å². The second-order valence-electron chi connectivity index (χ2n) is 7.28.